The minimum Gasteiger partial charge on any atom is -0.473 e. The van der Waals surface area contributed by atoms with Crippen LogP contribution in [0.1, 0.15) is 17.4 Å². The Balaban J connectivity index is 1.87. The van der Waals surface area contributed by atoms with Crippen LogP contribution in [-0.4, -0.2) is 11.1 Å². The molecule has 0 fully saturated rings. The van der Waals surface area contributed by atoms with E-state index in [1.807, 2.05) is 6.07 Å². The van der Waals surface area contributed by atoms with E-state index in [2.05, 4.69) is 10.5 Å². The molecule has 0 bridgehead atoms. The van der Waals surface area contributed by atoms with Crippen molar-refractivity contribution in [1.29, 1.82) is 0 Å². The summed E-state index contributed by atoms with van der Waals surface area (Å²) in [6, 6.07) is 16.4. The number of carbonyl (C=O) groups excluding carboxylic acids is 1. The summed E-state index contributed by atoms with van der Waals surface area (Å²) in [5.41, 5.74) is 0.596. The third kappa shape index (κ3) is 3.60. The Morgan fingerprint density at radius 1 is 1.17 bits per heavy atom. The van der Waals surface area contributed by atoms with Gasteiger partial charge in [-0.2, -0.15) is 0 Å². The molecule has 0 saturated heterocycles. The van der Waals surface area contributed by atoms with Crippen molar-refractivity contribution in [2.24, 2.45) is 0 Å². The quantitative estimate of drug-likeness (QED) is 0.773. The number of halogens is 1. The van der Waals surface area contributed by atoms with Crippen molar-refractivity contribution in [2.75, 3.05) is 5.32 Å². The van der Waals surface area contributed by atoms with Crippen LogP contribution < -0.4 is 10.1 Å². The van der Waals surface area contributed by atoms with E-state index in [0.29, 0.717) is 11.3 Å². The van der Waals surface area contributed by atoms with E-state index >= 15 is 0 Å². The number of hydrogen-bond acceptors (Lipinski definition) is 4. The normalized spacial score (nSPS) is 11.8. The molecule has 1 aromatic heterocycles. The lowest BCUT2D eigenvalue weighted by atomic mass is 10.1. The lowest BCUT2D eigenvalue weighted by Crippen LogP contribution is -2.26. The van der Waals surface area contributed by atoms with Gasteiger partial charge in [0.15, 0.2) is 17.4 Å². The molecule has 3 aromatic rings. The maximum Gasteiger partial charge on any atom is 0.271 e. The molecule has 1 heterocycles. The summed E-state index contributed by atoms with van der Waals surface area (Å²) in [6.45, 7) is 1.72. The van der Waals surface area contributed by atoms with Crippen molar-refractivity contribution < 1.29 is 18.4 Å². The predicted molar refractivity (Wildman–Crippen MR) is 86.1 cm³/mol. The second-order valence-electron chi connectivity index (χ2n) is 5.15. The molecule has 1 unspecified atom stereocenters. The first-order valence-corrected chi connectivity index (χ1v) is 7.34. The summed E-state index contributed by atoms with van der Waals surface area (Å²) in [6.07, 6.45) is -1.03. The third-order valence-electron chi connectivity index (χ3n) is 3.30. The van der Waals surface area contributed by atoms with Crippen molar-refractivity contribution >= 4 is 11.7 Å². The molecular formula is C18H15FN2O3. The summed E-state index contributed by atoms with van der Waals surface area (Å²) < 4.78 is 24.4. The summed E-state index contributed by atoms with van der Waals surface area (Å²) in [5.74, 6) is -0.175. The monoisotopic (exact) mass is 326 g/mol. The van der Waals surface area contributed by atoms with Crippen LogP contribution in [0.15, 0.2) is 65.2 Å². The second-order valence-corrected chi connectivity index (χ2v) is 5.15. The number of carbonyl (C=O) groups is 1. The number of amides is 1. The highest BCUT2D eigenvalue weighted by Crippen LogP contribution is 2.25. The summed E-state index contributed by atoms with van der Waals surface area (Å²) in [7, 11) is 0. The van der Waals surface area contributed by atoms with E-state index < -0.39 is 17.8 Å². The molecule has 0 spiro atoms. The smallest absolute Gasteiger partial charge is 0.271 e. The van der Waals surface area contributed by atoms with Gasteiger partial charge in [-0.05, 0) is 19.1 Å². The standard InChI is InChI=1S/C18H15FN2O3/c1-12-11-16(21-24-12)20-18(22)17(13-7-3-2-4-8-13)23-15-10-6-5-9-14(15)19/h2-11,17H,1H3,(H,20,21,22). The van der Waals surface area contributed by atoms with Gasteiger partial charge in [-0.1, -0.05) is 47.6 Å². The molecule has 0 aliphatic carbocycles. The van der Waals surface area contributed by atoms with Crippen LogP contribution >= 0.6 is 0 Å². The zero-order valence-electron chi connectivity index (χ0n) is 12.9. The molecule has 1 amide bonds. The molecule has 0 aliphatic heterocycles. The van der Waals surface area contributed by atoms with E-state index in [9.17, 15) is 9.18 Å². The fourth-order valence-corrected chi connectivity index (χ4v) is 2.19. The highest BCUT2D eigenvalue weighted by Gasteiger charge is 2.24. The molecule has 0 aliphatic rings. The average molecular weight is 326 g/mol. The fourth-order valence-electron chi connectivity index (χ4n) is 2.19. The predicted octanol–water partition coefficient (Wildman–Crippen LogP) is 3.88. The lowest BCUT2D eigenvalue weighted by molar-refractivity contribution is -0.123. The van der Waals surface area contributed by atoms with Crippen molar-refractivity contribution in [3.63, 3.8) is 0 Å². The molecular weight excluding hydrogens is 311 g/mol. The molecule has 122 valence electrons. The summed E-state index contributed by atoms with van der Waals surface area (Å²) in [4.78, 5) is 12.6. The van der Waals surface area contributed by atoms with E-state index in [1.54, 1.807) is 49.4 Å². The van der Waals surface area contributed by atoms with Gasteiger partial charge in [-0.3, -0.25) is 4.79 Å². The number of ether oxygens (including phenoxy) is 1. The van der Waals surface area contributed by atoms with E-state index in [4.69, 9.17) is 9.26 Å². The van der Waals surface area contributed by atoms with Crippen LogP contribution in [0.3, 0.4) is 0 Å². The van der Waals surface area contributed by atoms with Crippen LogP contribution in [0.4, 0.5) is 10.2 Å². The Bertz CT molecular complexity index is 833. The Kier molecular flexibility index (Phi) is 4.56. The molecule has 2 aromatic carbocycles. The molecule has 6 heteroatoms. The topological polar surface area (TPSA) is 64.4 Å². The van der Waals surface area contributed by atoms with Gasteiger partial charge >= 0.3 is 0 Å². The van der Waals surface area contributed by atoms with Gasteiger partial charge < -0.3 is 14.6 Å². The Morgan fingerprint density at radius 2 is 1.88 bits per heavy atom. The number of benzene rings is 2. The number of hydrogen-bond donors (Lipinski definition) is 1. The maximum atomic E-state index is 13.9. The SMILES string of the molecule is Cc1cc(NC(=O)C(Oc2ccccc2F)c2ccccc2)no1. The molecule has 0 radical (unpaired) electrons. The lowest BCUT2D eigenvalue weighted by Gasteiger charge is -2.18. The minimum atomic E-state index is -1.03. The number of anilines is 1. The van der Waals surface area contributed by atoms with Crippen molar-refractivity contribution in [3.8, 4) is 5.75 Å². The van der Waals surface area contributed by atoms with Gasteiger partial charge in [-0.15, -0.1) is 0 Å². The number of aryl methyl sites for hydroxylation is 1. The van der Waals surface area contributed by atoms with Gasteiger partial charge in [0.1, 0.15) is 5.76 Å². The molecule has 0 saturated carbocycles. The van der Waals surface area contributed by atoms with Gasteiger partial charge in [0.2, 0.25) is 6.10 Å². The first kappa shape index (κ1) is 15.7. The van der Waals surface area contributed by atoms with Crippen molar-refractivity contribution in [2.45, 2.75) is 13.0 Å². The first-order valence-electron chi connectivity index (χ1n) is 7.34. The van der Waals surface area contributed by atoms with Crippen LogP contribution in [-0.2, 0) is 4.79 Å². The number of aromatic nitrogens is 1. The minimum absolute atomic E-state index is 0.00200. The molecule has 5 nitrogen and oxygen atoms in total. The zero-order valence-corrected chi connectivity index (χ0v) is 12.9. The Hall–Kier alpha value is -3.15. The van der Waals surface area contributed by atoms with Gasteiger partial charge in [0, 0.05) is 11.6 Å². The molecule has 1 atom stereocenters. The first-order chi connectivity index (χ1) is 11.6. The van der Waals surface area contributed by atoms with Crippen LogP contribution in [0.2, 0.25) is 0 Å². The van der Waals surface area contributed by atoms with Crippen LogP contribution in [0.25, 0.3) is 0 Å². The highest BCUT2D eigenvalue weighted by atomic mass is 19.1. The van der Waals surface area contributed by atoms with E-state index in [-0.39, 0.29) is 11.6 Å². The molecule has 1 N–H and O–H groups in total. The van der Waals surface area contributed by atoms with Crippen molar-refractivity contribution in [1.82, 2.24) is 5.16 Å². The highest BCUT2D eigenvalue weighted by molar-refractivity contribution is 5.94. The zero-order chi connectivity index (χ0) is 16.9. The van der Waals surface area contributed by atoms with Crippen LogP contribution in [0.5, 0.6) is 5.75 Å². The van der Waals surface area contributed by atoms with E-state index in [1.165, 1.54) is 12.1 Å². The maximum absolute atomic E-state index is 13.9. The average Bonchev–Trinajstić information content (AvgIpc) is 2.99. The number of para-hydroxylation sites is 1. The summed E-state index contributed by atoms with van der Waals surface area (Å²) >= 11 is 0. The number of nitrogens with zero attached hydrogens (tertiary/aromatic N) is 1. The van der Waals surface area contributed by atoms with Gasteiger partial charge in [-0.25, -0.2) is 4.39 Å². The number of rotatable bonds is 5. The van der Waals surface area contributed by atoms with E-state index in [0.717, 1.165) is 0 Å². The van der Waals surface area contributed by atoms with Gasteiger partial charge in [0.25, 0.3) is 5.91 Å². The summed E-state index contributed by atoms with van der Waals surface area (Å²) in [5, 5.41) is 6.33. The largest absolute Gasteiger partial charge is 0.473 e. The van der Waals surface area contributed by atoms with Gasteiger partial charge in [0.05, 0.1) is 0 Å². The number of nitrogens with one attached hydrogen (secondary N) is 1. The molecule has 3 rings (SSSR count). The second kappa shape index (κ2) is 6.95. The Labute approximate surface area is 138 Å². The van der Waals surface area contributed by atoms with Crippen LogP contribution in [0, 0.1) is 12.7 Å². The molecule has 24 heavy (non-hydrogen) atoms. The third-order valence-corrected chi connectivity index (χ3v) is 3.30. The Morgan fingerprint density at radius 3 is 2.54 bits per heavy atom. The van der Waals surface area contributed by atoms with Crippen molar-refractivity contribution in [3.05, 3.63) is 77.8 Å². The fraction of sp³-hybridized carbons (Fsp3) is 0.111.